The summed E-state index contributed by atoms with van der Waals surface area (Å²) in [6.07, 6.45) is -0.167. The van der Waals surface area contributed by atoms with Crippen molar-refractivity contribution in [3.63, 3.8) is 0 Å². The molecular formula is C17H15FO4. The minimum atomic E-state index is -0.634. The zero-order valence-corrected chi connectivity index (χ0v) is 11.8. The Morgan fingerprint density at radius 1 is 1.18 bits per heavy atom. The predicted octanol–water partition coefficient (Wildman–Crippen LogP) is 3.26. The molecule has 0 radical (unpaired) electrons. The fourth-order valence-corrected chi connectivity index (χ4v) is 2.26. The fraction of sp³-hybridized carbons (Fsp3) is 0.235. The smallest absolute Gasteiger partial charge is 0.187 e. The van der Waals surface area contributed by atoms with Crippen LogP contribution in [0.3, 0.4) is 0 Å². The maximum atomic E-state index is 13.9. The second-order valence-corrected chi connectivity index (χ2v) is 4.88. The number of hydrogen-bond acceptors (Lipinski definition) is 4. The molecule has 0 spiro atoms. The lowest BCUT2D eigenvalue weighted by molar-refractivity contribution is -0.0459. The molecule has 0 N–H and O–H groups in total. The van der Waals surface area contributed by atoms with Crippen molar-refractivity contribution >= 4 is 6.29 Å². The van der Waals surface area contributed by atoms with Crippen molar-refractivity contribution < 1.29 is 23.4 Å². The standard InChI is InChI=1S/C17H15FO4/c18-15-9-16(22-11-12-4-2-1-3-5-12)14(8-13(15)10-19)17-20-6-7-21-17/h1-5,8-10,17H,6-7,11H2. The summed E-state index contributed by atoms with van der Waals surface area (Å²) < 4.78 is 30.4. The van der Waals surface area contributed by atoms with Gasteiger partial charge in [-0.25, -0.2) is 4.39 Å². The lowest BCUT2D eigenvalue weighted by Crippen LogP contribution is -2.06. The van der Waals surface area contributed by atoms with E-state index in [1.54, 1.807) is 0 Å². The highest BCUT2D eigenvalue weighted by Gasteiger charge is 2.24. The molecule has 1 aliphatic rings. The van der Waals surface area contributed by atoms with E-state index in [2.05, 4.69) is 0 Å². The van der Waals surface area contributed by atoms with Crippen molar-refractivity contribution in [2.75, 3.05) is 13.2 Å². The minimum Gasteiger partial charge on any atom is -0.488 e. The molecule has 1 fully saturated rings. The molecule has 0 unspecified atom stereocenters. The monoisotopic (exact) mass is 302 g/mol. The summed E-state index contributed by atoms with van der Waals surface area (Å²) in [7, 11) is 0. The Morgan fingerprint density at radius 2 is 1.91 bits per heavy atom. The van der Waals surface area contributed by atoms with Crippen LogP contribution in [0.1, 0.15) is 27.8 Å². The molecule has 0 aliphatic carbocycles. The van der Waals surface area contributed by atoms with Gasteiger partial charge in [0, 0.05) is 6.07 Å². The number of hydrogen-bond donors (Lipinski definition) is 0. The van der Waals surface area contributed by atoms with Gasteiger partial charge >= 0.3 is 0 Å². The van der Waals surface area contributed by atoms with Gasteiger partial charge < -0.3 is 14.2 Å². The number of rotatable bonds is 5. The Hall–Kier alpha value is -2.24. The molecule has 22 heavy (non-hydrogen) atoms. The topological polar surface area (TPSA) is 44.8 Å². The average molecular weight is 302 g/mol. The summed E-state index contributed by atoms with van der Waals surface area (Å²) in [6, 6.07) is 12.2. The van der Waals surface area contributed by atoms with Crippen molar-refractivity contribution in [3.05, 3.63) is 65.0 Å². The number of carbonyl (C=O) groups is 1. The summed E-state index contributed by atoms with van der Waals surface area (Å²) >= 11 is 0. The Labute approximate surface area is 127 Å². The van der Waals surface area contributed by atoms with Crippen LogP contribution < -0.4 is 4.74 Å². The Morgan fingerprint density at radius 3 is 2.59 bits per heavy atom. The van der Waals surface area contributed by atoms with Crippen LogP contribution in [0.5, 0.6) is 5.75 Å². The number of halogens is 1. The predicted molar refractivity (Wildman–Crippen MR) is 77.2 cm³/mol. The Kier molecular flexibility index (Phi) is 4.46. The third kappa shape index (κ3) is 3.16. The molecule has 1 saturated heterocycles. The summed E-state index contributed by atoms with van der Waals surface area (Å²) in [5, 5.41) is 0. The van der Waals surface area contributed by atoms with Crippen molar-refractivity contribution in [1.82, 2.24) is 0 Å². The fourth-order valence-electron chi connectivity index (χ4n) is 2.26. The van der Waals surface area contributed by atoms with E-state index in [1.807, 2.05) is 30.3 Å². The van der Waals surface area contributed by atoms with E-state index in [0.717, 1.165) is 5.56 Å². The number of benzene rings is 2. The Balaban J connectivity index is 1.87. The first-order valence-corrected chi connectivity index (χ1v) is 6.96. The molecule has 3 rings (SSSR count). The van der Waals surface area contributed by atoms with Crippen molar-refractivity contribution in [1.29, 1.82) is 0 Å². The largest absolute Gasteiger partial charge is 0.488 e. The van der Waals surface area contributed by atoms with Crippen LogP contribution >= 0.6 is 0 Å². The molecular weight excluding hydrogens is 287 g/mol. The molecule has 0 saturated carbocycles. The molecule has 0 amide bonds. The first kappa shape index (κ1) is 14.7. The highest BCUT2D eigenvalue weighted by molar-refractivity contribution is 5.76. The normalized spacial score (nSPS) is 15.0. The second kappa shape index (κ2) is 6.68. The second-order valence-electron chi connectivity index (χ2n) is 4.88. The molecule has 0 atom stereocenters. The molecule has 2 aromatic rings. The quantitative estimate of drug-likeness (QED) is 0.795. The summed E-state index contributed by atoms with van der Waals surface area (Å²) in [5.41, 5.74) is 1.44. The van der Waals surface area contributed by atoms with E-state index < -0.39 is 12.1 Å². The minimum absolute atomic E-state index is 0.0406. The van der Waals surface area contributed by atoms with Gasteiger partial charge in [-0.2, -0.15) is 0 Å². The number of ether oxygens (including phenoxy) is 3. The molecule has 0 bridgehead atoms. The van der Waals surface area contributed by atoms with E-state index in [9.17, 15) is 9.18 Å². The zero-order valence-electron chi connectivity index (χ0n) is 11.8. The molecule has 4 nitrogen and oxygen atoms in total. The van der Waals surface area contributed by atoms with Gasteiger partial charge in [-0.15, -0.1) is 0 Å². The van der Waals surface area contributed by atoms with Crippen LogP contribution in [0.25, 0.3) is 0 Å². The summed E-state index contributed by atoms with van der Waals surface area (Å²) in [6.45, 7) is 1.20. The van der Waals surface area contributed by atoms with Crippen molar-refractivity contribution in [2.24, 2.45) is 0 Å². The van der Waals surface area contributed by atoms with Gasteiger partial charge in [-0.3, -0.25) is 4.79 Å². The lowest BCUT2D eigenvalue weighted by Gasteiger charge is -2.16. The van der Waals surface area contributed by atoms with E-state index >= 15 is 0 Å². The SMILES string of the molecule is O=Cc1cc(C2OCCO2)c(OCc2ccccc2)cc1F. The van der Waals surface area contributed by atoms with E-state index in [1.165, 1.54) is 12.1 Å². The lowest BCUT2D eigenvalue weighted by atomic mass is 10.1. The van der Waals surface area contributed by atoms with Crippen LogP contribution in [0.15, 0.2) is 42.5 Å². The molecule has 114 valence electrons. The number of carbonyl (C=O) groups excluding carboxylic acids is 1. The van der Waals surface area contributed by atoms with Crippen molar-refractivity contribution in [3.8, 4) is 5.75 Å². The van der Waals surface area contributed by atoms with Gasteiger partial charge in [0.1, 0.15) is 18.2 Å². The van der Waals surface area contributed by atoms with Gasteiger partial charge in [0.15, 0.2) is 12.6 Å². The molecule has 0 aromatic heterocycles. The zero-order chi connectivity index (χ0) is 15.4. The molecule has 2 aromatic carbocycles. The van der Waals surface area contributed by atoms with Gasteiger partial charge in [0.25, 0.3) is 0 Å². The average Bonchev–Trinajstić information content (AvgIpc) is 3.08. The molecule has 5 heteroatoms. The first-order valence-electron chi connectivity index (χ1n) is 6.96. The van der Waals surface area contributed by atoms with E-state index in [-0.39, 0.29) is 5.56 Å². The van der Waals surface area contributed by atoms with Crippen LogP contribution in [0.2, 0.25) is 0 Å². The third-order valence-electron chi connectivity index (χ3n) is 3.37. The Bertz CT molecular complexity index is 651. The van der Waals surface area contributed by atoms with Crippen LogP contribution in [0.4, 0.5) is 4.39 Å². The molecule has 1 heterocycles. The van der Waals surface area contributed by atoms with Crippen LogP contribution in [-0.4, -0.2) is 19.5 Å². The van der Waals surface area contributed by atoms with E-state index in [4.69, 9.17) is 14.2 Å². The van der Waals surface area contributed by atoms with Crippen LogP contribution in [0, 0.1) is 5.82 Å². The first-order chi connectivity index (χ1) is 10.8. The van der Waals surface area contributed by atoms with Gasteiger partial charge in [-0.05, 0) is 11.6 Å². The van der Waals surface area contributed by atoms with Gasteiger partial charge in [0.2, 0.25) is 0 Å². The summed E-state index contributed by atoms with van der Waals surface area (Å²) in [5.74, 6) is -0.307. The third-order valence-corrected chi connectivity index (χ3v) is 3.37. The maximum absolute atomic E-state index is 13.9. The van der Waals surface area contributed by atoms with Gasteiger partial charge in [-0.1, -0.05) is 30.3 Å². The summed E-state index contributed by atoms with van der Waals surface area (Å²) in [4.78, 5) is 10.9. The van der Waals surface area contributed by atoms with Gasteiger partial charge in [0.05, 0.1) is 24.3 Å². The highest BCUT2D eigenvalue weighted by Crippen LogP contribution is 2.33. The van der Waals surface area contributed by atoms with E-state index in [0.29, 0.717) is 37.4 Å². The van der Waals surface area contributed by atoms with Crippen LogP contribution in [-0.2, 0) is 16.1 Å². The maximum Gasteiger partial charge on any atom is 0.187 e. The van der Waals surface area contributed by atoms with Crippen molar-refractivity contribution in [2.45, 2.75) is 12.9 Å². The molecule has 1 aliphatic heterocycles. The number of aldehydes is 1. The highest BCUT2D eigenvalue weighted by atomic mass is 19.1.